The van der Waals surface area contributed by atoms with Crippen molar-refractivity contribution in [3.63, 3.8) is 0 Å². The summed E-state index contributed by atoms with van der Waals surface area (Å²) in [7, 11) is 0. The average Bonchev–Trinajstić information content (AvgIpc) is 3.52. The number of hydrogen-bond acceptors (Lipinski definition) is 5. The number of carbonyl (C=O) groups is 2. The van der Waals surface area contributed by atoms with Crippen LogP contribution in [0.25, 0.3) is 5.69 Å². The van der Waals surface area contributed by atoms with Gasteiger partial charge in [-0.3, -0.25) is 14.5 Å². The Morgan fingerprint density at radius 3 is 2.49 bits per heavy atom. The van der Waals surface area contributed by atoms with Crippen LogP contribution in [0.5, 0.6) is 0 Å². The highest BCUT2D eigenvalue weighted by Crippen LogP contribution is 2.48. The van der Waals surface area contributed by atoms with Crippen molar-refractivity contribution in [2.24, 2.45) is 0 Å². The number of aromatic nitrogens is 2. The molecule has 2 aromatic carbocycles. The summed E-state index contributed by atoms with van der Waals surface area (Å²) in [5.41, 5.74) is 5.79. The van der Waals surface area contributed by atoms with E-state index in [9.17, 15) is 9.59 Å². The van der Waals surface area contributed by atoms with Crippen molar-refractivity contribution in [2.45, 2.75) is 51.8 Å². The molecule has 0 fully saturated rings. The van der Waals surface area contributed by atoms with Crippen molar-refractivity contribution < 1.29 is 14.0 Å². The van der Waals surface area contributed by atoms with E-state index in [0.29, 0.717) is 11.6 Å². The number of benzene rings is 2. The third kappa shape index (κ3) is 5.66. The van der Waals surface area contributed by atoms with Crippen molar-refractivity contribution in [1.29, 1.82) is 0 Å². The maximum atomic E-state index is 13.8. The summed E-state index contributed by atoms with van der Waals surface area (Å²) in [4.78, 5) is 28.6. The van der Waals surface area contributed by atoms with Gasteiger partial charge < -0.3 is 9.73 Å². The Morgan fingerprint density at radius 2 is 1.82 bits per heavy atom. The normalized spacial score (nSPS) is 15.7. The van der Waals surface area contributed by atoms with Crippen molar-refractivity contribution in [3.8, 4) is 5.69 Å². The molecule has 1 aliphatic heterocycles. The van der Waals surface area contributed by atoms with Crippen molar-refractivity contribution in [3.05, 3.63) is 101 Å². The first-order chi connectivity index (χ1) is 18.6. The third-order valence-corrected chi connectivity index (χ3v) is 7.99. The van der Waals surface area contributed by atoms with Crippen LogP contribution in [0.3, 0.4) is 0 Å². The van der Waals surface area contributed by atoms with Gasteiger partial charge >= 0.3 is 0 Å². The van der Waals surface area contributed by atoms with Crippen LogP contribution in [0.2, 0.25) is 0 Å². The van der Waals surface area contributed by atoms with Crippen LogP contribution in [0.15, 0.2) is 71.3 Å². The Morgan fingerprint density at radius 1 is 1.08 bits per heavy atom. The molecule has 0 radical (unpaired) electrons. The van der Waals surface area contributed by atoms with Crippen molar-refractivity contribution in [2.75, 3.05) is 17.2 Å². The molecule has 1 aliphatic rings. The van der Waals surface area contributed by atoms with E-state index in [1.54, 1.807) is 35.1 Å². The van der Waals surface area contributed by atoms with Gasteiger partial charge in [-0.05, 0) is 49.2 Å². The van der Waals surface area contributed by atoms with E-state index in [2.05, 4.69) is 63.3 Å². The molecule has 2 amide bonds. The second-order valence-corrected chi connectivity index (χ2v) is 12.1. The SMILES string of the molecule is Cc1cccc([C@H]2SCC(=O)N(CC(=O)NCc3ccco3)c3c2c(C(C)(C)C)nn3-c2cccc(C)c2)c1. The zero-order chi connectivity index (χ0) is 27.7. The maximum Gasteiger partial charge on any atom is 0.240 e. The summed E-state index contributed by atoms with van der Waals surface area (Å²) in [5, 5.41) is 7.93. The molecule has 0 spiro atoms. The molecular weight excluding hydrogens is 508 g/mol. The lowest BCUT2D eigenvalue weighted by atomic mass is 9.87. The molecule has 7 nitrogen and oxygen atoms in total. The zero-order valence-corrected chi connectivity index (χ0v) is 23.8. The zero-order valence-electron chi connectivity index (χ0n) is 23.0. The predicted molar refractivity (Wildman–Crippen MR) is 155 cm³/mol. The van der Waals surface area contributed by atoms with E-state index in [0.717, 1.165) is 33.6 Å². The fourth-order valence-electron chi connectivity index (χ4n) is 4.91. The minimum absolute atomic E-state index is 0.116. The molecule has 0 saturated carbocycles. The largest absolute Gasteiger partial charge is 0.467 e. The van der Waals surface area contributed by atoms with Crippen molar-refractivity contribution >= 4 is 29.4 Å². The standard InChI is InChI=1S/C31H34N4O3S/c1-20-9-6-11-22(15-20)28-27-29(31(3,4)5)33-35(23-12-7-10-21(2)16-23)30(27)34(26(37)19-39-28)18-25(36)32-17-24-13-8-14-38-24/h6-16,28H,17-19H2,1-5H3,(H,32,36)/t28-/m1/s1. The highest BCUT2D eigenvalue weighted by molar-refractivity contribution is 8.00. The van der Waals surface area contributed by atoms with Gasteiger partial charge in [-0.2, -0.15) is 5.10 Å². The number of thioether (sulfide) groups is 1. The van der Waals surface area contributed by atoms with Gasteiger partial charge in [0, 0.05) is 11.0 Å². The number of aryl methyl sites for hydroxylation is 2. The molecule has 5 rings (SSSR count). The van der Waals surface area contributed by atoms with Gasteiger partial charge in [-0.15, -0.1) is 11.8 Å². The van der Waals surface area contributed by atoms with Crippen LogP contribution in [-0.4, -0.2) is 33.9 Å². The van der Waals surface area contributed by atoms with Gasteiger partial charge in [0.1, 0.15) is 18.1 Å². The molecule has 2 aromatic heterocycles. The fourth-order valence-corrected chi connectivity index (χ4v) is 6.10. The number of amides is 2. The van der Waals surface area contributed by atoms with Crippen LogP contribution >= 0.6 is 11.8 Å². The van der Waals surface area contributed by atoms with Gasteiger partial charge in [-0.25, -0.2) is 4.68 Å². The first-order valence-electron chi connectivity index (χ1n) is 13.1. The van der Waals surface area contributed by atoms with E-state index in [-0.39, 0.29) is 41.3 Å². The number of furan rings is 1. The minimum Gasteiger partial charge on any atom is -0.467 e. The average molecular weight is 543 g/mol. The van der Waals surface area contributed by atoms with E-state index in [4.69, 9.17) is 9.52 Å². The maximum absolute atomic E-state index is 13.8. The lowest BCUT2D eigenvalue weighted by molar-refractivity contribution is -0.123. The van der Waals surface area contributed by atoms with Gasteiger partial charge in [0.05, 0.1) is 35.2 Å². The van der Waals surface area contributed by atoms with Crippen molar-refractivity contribution in [1.82, 2.24) is 15.1 Å². The number of carbonyl (C=O) groups excluding carboxylic acids is 2. The Hall–Kier alpha value is -3.78. The molecule has 0 unspecified atom stereocenters. The molecule has 4 aromatic rings. The Kier molecular flexibility index (Phi) is 7.40. The number of nitrogens with zero attached hydrogens (tertiary/aromatic N) is 3. The number of anilines is 1. The summed E-state index contributed by atoms with van der Waals surface area (Å²) in [5.74, 6) is 1.16. The minimum atomic E-state index is -0.303. The second-order valence-electron chi connectivity index (χ2n) is 11.0. The molecule has 1 atom stereocenters. The Bertz CT molecular complexity index is 1500. The van der Waals surface area contributed by atoms with E-state index in [1.807, 2.05) is 29.8 Å². The summed E-state index contributed by atoms with van der Waals surface area (Å²) >= 11 is 1.59. The predicted octanol–water partition coefficient (Wildman–Crippen LogP) is 5.87. The fraction of sp³-hybridized carbons (Fsp3) is 0.323. The van der Waals surface area contributed by atoms with Gasteiger partial charge in [-0.1, -0.05) is 62.7 Å². The Balaban J connectivity index is 1.68. The monoisotopic (exact) mass is 542 g/mol. The summed E-state index contributed by atoms with van der Waals surface area (Å²) < 4.78 is 7.22. The van der Waals surface area contributed by atoms with Gasteiger partial charge in [0.15, 0.2) is 0 Å². The Labute approximate surface area is 233 Å². The first-order valence-corrected chi connectivity index (χ1v) is 14.1. The molecular formula is C31H34N4O3S. The lowest BCUT2D eigenvalue weighted by Crippen LogP contribution is -2.42. The summed E-state index contributed by atoms with van der Waals surface area (Å²) in [6.07, 6.45) is 1.57. The molecule has 202 valence electrons. The van der Waals surface area contributed by atoms with E-state index >= 15 is 0 Å². The lowest BCUT2D eigenvalue weighted by Gasteiger charge is -2.24. The molecule has 8 heteroatoms. The van der Waals surface area contributed by atoms with Gasteiger partial charge in [0.2, 0.25) is 11.8 Å². The topological polar surface area (TPSA) is 80.4 Å². The second kappa shape index (κ2) is 10.8. The molecule has 1 N–H and O–H groups in total. The quantitative estimate of drug-likeness (QED) is 0.330. The third-order valence-electron chi connectivity index (χ3n) is 6.73. The van der Waals surface area contributed by atoms with Crippen LogP contribution in [0.1, 0.15) is 59.7 Å². The molecule has 0 saturated heterocycles. The number of fused-ring (bicyclic) bond motifs is 1. The van der Waals surface area contributed by atoms with E-state index < -0.39 is 0 Å². The summed E-state index contributed by atoms with van der Waals surface area (Å²) in [6, 6.07) is 20.1. The number of rotatable bonds is 6. The molecule has 0 aliphatic carbocycles. The number of nitrogens with one attached hydrogen (secondary N) is 1. The molecule has 39 heavy (non-hydrogen) atoms. The summed E-state index contributed by atoms with van der Waals surface area (Å²) in [6.45, 7) is 10.7. The highest BCUT2D eigenvalue weighted by Gasteiger charge is 2.40. The molecule has 0 bridgehead atoms. The van der Waals surface area contributed by atoms with Gasteiger partial charge in [0.25, 0.3) is 0 Å². The smallest absolute Gasteiger partial charge is 0.240 e. The van der Waals surface area contributed by atoms with Crippen LogP contribution < -0.4 is 10.2 Å². The van der Waals surface area contributed by atoms with Crippen LogP contribution in [0, 0.1) is 13.8 Å². The number of hydrogen-bond donors (Lipinski definition) is 1. The van der Waals surface area contributed by atoms with Crippen LogP contribution in [0.4, 0.5) is 5.82 Å². The van der Waals surface area contributed by atoms with Crippen LogP contribution in [-0.2, 0) is 21.5 Å². The first kappa shape index (κ1) is 26.8. The highest BCUT2D eigenvalue weighted by atomic mass is 32.2. The van der Waals surface area contributed by atoms with E-state index in [1.165, 1.54) is 0 Å². The molecule has 3 heterocycles.